The Morgan fingerprint density at radius 3 is 1.95 bits per heavy atom. The number of hydrogen-bond acceptors (Lipinski definition) is 8. The predicted octanol–water partition coefficient (Wildman–Crippen LogP) is 5.25. The molecule has 0 amide bonds. The number of hydrogen-bond donors (Lipinski definition) is 2. The molecule has 0 bridgehead atoms. The summed E-state index contributed by atoms with van der Waals surface area (Å²) >= 11 is 0. The van der Waals surface area contributed by atoms with Crippen molar-refractivity contribution in [1.82, 2.24) is 5.32 Å². The van der Waals surface area contributed by atoms with Crippen LogP contribution in [0.4, 0.5) is 13.2 Å². The fraction of sp³-hybridized carbons (Fsp3) is 0.345. The molecule has 0 saturated carbocycles. The molecule has 40 heavy (non-hydrogen) atoms. The van der Waals surface area contributed by atoms with E-state index in [0.29, 0.717) is 0 Å². The van der Waals surface area contributed by atoms with Crippen molar-refractivity contribution in [3.05, 3.63) is 87.8 Å². The van der Waals surface area contributed by atoms with Crippen molar-refractivity contribution >= 4 is 17.9 Å². The number of aromatic hydroxyl groups is 1. The minimum Gasteiger partial charge on any atom is -0.507 e. The Morgan fingerprint density at radius 1 is 0.850 bits per heavy atom. The zero-order valence-electron chi connectivity index (χ0n) is 22.6. The Bertz CT molecular complexity index is 1380. The van der Waals surface area contributed by atoms with Gasteiger partial charge in [0.15, 0.2) is 0 Å². The summed E-state index contributed by atoms with van der Waals surface area (Å²) < 4.78 is 57.7. The van der Waals surface area contributed by atoms with Crippen LogP contribution in [0.3, 0.4) is 0 Å². The fourth-order valence-corrected chi connectivity index (χ4v) is 4.33. The molecule has 8 nitrogen and oxygen atoms in total. The summed E-state index contributed by atoms with van der Waals surface area (Å²) in [5, 5.41) is 12.7. The van der Waals surface area contributed by atoms with Crippen LogP contribution in [0.15, 0.2) is 71.1 Å². The highest BCUT2D eigenvalue weighted by atomic mass is 19.4. The van der Waals surface area contributed by atoms with Crippen molar-refractivity contribution in [2.45, 2.75) is 39.8 Å². The molecule has 2 aromatic rings. The third kappa shape index (κ3) is 6.64. The Kier molecular flexibility index (Phi) is 8.97. The van der Waals surface area contributed by atoms with Crippen molar-refractivity contribution < 1.29 is 46.9 Å². The summed E-state index contributed by atoms with van der Waals surface area (Å²) in [6, 6.07) is 10.5. The van der Waals surface area contributed by atoms with E-state index in [4.69, 9.17) is 14.2 Å². The van der Waals surface area contributed by atoms with Crippen molar-refractivity contribution in [2.24, 2.45) is 5.41 Å². The Morgan fingerprint density at radius 2 is 1.38 bits per heavy atom. The van der Waals surface area contributed by atoms with E-state index in [1.807, 2.05) is 0 Å². The summed E-state index contributed by atoms with van der Waals surface area (Å²) in [4.78, 5) is 38.6. The van der Waals surface area contributed by atoms with Crippen LogP contribution >= 0.6 is 0 Å². The number of nitrogens with one attached hydrogen (secondary N) is 1. The van der Waals surface area contributed by atoms with Gasteiger partial charge in [0.2, 0.25) is 0 Å². The average molecular weight is 562 g/mol. The first kappa shape index (κ1) is 30.3. The molecule has 0 aliphatic carbocycles. The molecule has 1 atom stereocenters. The average Bonchev–Trinajstić information content (AvgIpc) is 2.89. The zero-order valence-corrected chi connectivity index (χ0v) is 22.6. The van der Waals surface area contributed by atoms with Crippen LogP contribution in [0.25, 0.3) is 0 Å². The lowest BCUT2D eigenvalue weighted by molar-refractivity contribution is -0.144. The second-order valence-corrected chi connectivity index (χ2v) is 10.0. The van der Waals surface area contributed by atoms with Crippen LogP contribution in [-0.2, 0) is 30.0 Å². The number of benzene rings is 2. The van der Waals surface area contributed by atoms with E-state index in [1.165, 1.54) is 44.2 Å². The number of alkyl halides is 3. The number of methoxy groups -OCH3 is 1. The lowest BCUT2D eigenvalue weighted by atomic mass is 9.78. The van der Waals surface area contributed by atoms with Gasteiger partial charge in [-0.15, -0.1) is 0 Å². The number of ether oxygens (including phenoxy) is 3. The molecule has 3 rings (SSSR count). The van der Waals surface area contributed by atoms with Gasteiger partial charge < -0.3 is 24.6 Å². The third-order valence-electron chi connectivity index (χ3n) is 6.27. The molecule has 0 fully saturated rings. The van der Waals surface area contributed by atoms with Crippen molar-refractivity contribution in [3.63, 3.8) is 0 Å². The van der Waals surface area contributed by atoms with Gasteiger partial charge in [0.1, 0.15) is 11.3 Å². The number of phenolic OH excluding ortho intramolecular Hbond substituents is 1. The van der Waals surface area contributed by atoms with Gasteiger partial charge in [0, 0.05) is 16.8 Å². The number of carbonyl (C=O) groups is 3. The third-order valence-corrected chi connectivity index (χ3v) is 6.27. The predicted molar refractivity (Wildman–Crippen MR) is 138 cm³/mol. The second-order valence-electron chi connectivity index (χ2n) is 10.0. The normalized spacial score (nSPS) is 15.8. The molecular formula is C29H30F3NO7. The molecule has 1 aliphatic heterocycles. The van der Waals surface area contributed by atoms with E-state index in [-0.39, 0.29) is 52.6 Å². The summed E-state index contributed by atoms with van der Waals surface area (Å²) in [6.45, 7) is 5.83. The first-order chi connectivity index (χ1) is 18.7. The number of allylic oxidation sites excluding steroid dienone is 2. The first-order valence-corrected chi connectivity index (χ1v) is 12.2. The van der Waals surface area contributed by atoms with Crippen LogP contribution in [0.5, 0.6) is 5.75 Å². The zero-order chi connectivity index (χ0) is 29.8. The SMILES string of the molecule is COC(=O)C1=C(C)NC(C)=C(C(=O)OCC(C)(C)COC(=O)c2ccccc2O)C1c1ccccc1C(F)(F)F. The van der Waals surface area contributed by atoms with E-state index in [1.54, 1.807) is 26.0 Å². The first-order valence-electron chi connectivity index (χ1n) is 12.2. The summed E-state index contributed by atoms with van der Waals surface area (Å²) in [6.07, 6.45) is -4.77. The molecule has 0 spiro atoms. The van der Waals surface area contributed by atoms with Gasteiger partial charge in [-0.2, -0.15) is 13.2 Å². The van der Waals surface area contributed by atoms with Crippen LogP contribution < -0.4 is 5.32 Å². The maximum atomic E-state index is 14.0. The van der Waals surface area contributed by atoms with Gasteiger partial charge in [0.25, 0.3) is 0 Å². The van der Waals surface area contributed by atoms with E-state index in [0.717, 1.165) is 13.2 Å². The van der Waals surface area contributed by atoms with E-state index >= 15 is 0 Å². The maximum Gasteiger partial charge on any atom is 0.416 e. The smallest absolute Gasteiger partial charge is 0.416 e. The minimum atomic E-state index is -4.77. The van der Waals surface area contributed by atoms with Gasteiger partial charge in [-0.25, -0.2) is 14.4 Å². The van der Waals surface area contributed by atoms with Gasteiger partial charge in [0.05, 0.1) is 43.0 Å². The molecule has 1 aliphatic rings. The summed E-state index contributed by atoms with van der Waals surface area (Å²) in [5.74, 6) is -4.32. The van der Waals surface area contributed by atoms with Crippen molar-refractivity contribution in [3.8, 4) is 5.75 Å². The lowest BCUT2D eigenvalue weighted by Gasteiger charge is -2.32. The molecule has 2 N–H and O–H groups in total. The monoisotopic (exact) mass is 561 g/mol. The fourth-order valence-electron chi connectivity index (χ4n) is 4.33. The Hall–Kier alpha value is -4.28. The number of phenols is 1. The number of para-hydroxylation sites is 1. The highest BCUT2D eigenvalue weighted by Gasteiger charge is 2.43. The quantitative estimate of drug-likeness (QED) is 0.332. The molecular weight excluding hydrogens is 531 g/mol. The van der Waals surface area contributed by atoms with Crippen LogP contribution in [0.1, 0.15) is 55.1 Å². The van der Waals surface area contributed by atoms with Crippen molar-refractivity contribution in [1.29, 1.82) is 0 Å². The van der Waals surface area contributed by atoms with Crippen LogP contribution in [-0.4, -0.2) is 43.3 Å². The largest absolute Gasteiger partial charge is 0.507 e. The van der Waals surface area contributed by atoms with Crippen LogP contribution in [0.2, 0.25) is 0 Å². The minimum absolute atomic E-state index is 0.0342. The molecule has 0 aromatic heterocycles. The van der Waals surface area contributed by atoms with E-state index in [2.05, 4.69) is 5.32 Å². The summed E-state index contributed by atoms with van der Waals surface area (Å²) in [5.41, 5.74) is -2.17. The van der Waals surface area contributed by atoms with Gasteiger partial charge >= 0.3 is 24.1 Å². The number of carbonyl (C=O) groups excluding carboxylic acids is 3. The summed E-state index contributed by atoms with van der Waals surface area (Å²) in [7, 11) is 1.09. The van der Waals surface area contributed by atoms with Gasteiger partial charge in [-0.3, -0.25) is 0 Å². The van der Waals surface area contributed by atoms with E-state index < -0.39 is 41.0 Å². The molecule has 1 unspecified atom stereocenters. The van der Waals surface area contributed by atoms with E-state index in [9.17, 15) is 32.7 Å². The highest BCUT2D eigenvalue weighted by molar-refractivity contribution is 6.00. The lowest BCUT2D eigenvalue weighted by Crippen LogP contribution is -2.35. The molecule has 11 heteroatoms. The van der Waals surface area contributed by atoms with Gasteiger partial charge in [-0.1, -0.05) is 44.2 Å². The van der Waals surface area contributed by atoms with Crippen LogP contribution in [0, 0.1) is 5.41 Å². The second kappa shape index (κ2) is 11.8. The molecule has 1 heterocycles. The number of halogens is 3. The maximum absolute atomic E-state index is 14.0. The molecule has 0 radical (unpaired) electrons. The standard InChI is InChI=1S/C29H30F3NO7/c1-16-22(26(36)38-5)24(18-10-6-8-12-20(18)29(30,31)32)23(17(2)33-16)27(37)40-15-28(3,4)14-39-25(35)19-11-7-9-13-21(19)34/h6-13,24,33-34H,14-15H2,1-5H3. The Balaban J connectivity index is 1.89. The molecule has 2 aromatic carbocycles. The number of rotatable bonds is 8. The highest BCUT2D eigenvalue weighted by Crippen LogP contribution is 2.44. The topological polar surface area (TPSA) is 111 Å². The number of esters is 3. The Labute approximate surface area is 229 Å². The van der Waals surface area contributed by atoms with Crippen molar-refractivity contribution in [2.75, 3.05) is 20.3 Å². The van der Waals surface area contributed by atoms with Gasteiger partial charge in [-0.05, 0) is 37.6 Å². The number of dihydropyridines is 1. The molecule has 0 saturated heterocycles. The molecule has 214 valence electrons.